The van der Waals surface area contributed by atoms with Crippen LogP contribution in [0.5, 0.6) is 5.75 Å². The summed E-state index contributed by atoms with van der Waals surface area (Å²) in [5, 5.41) is 9.95. The Morgan fingerprint density at radius 3 is 2.59 bits per heavy atom. The number of allylic oxidation sites excluding steroid dienone is 1. The highest BCUT2D eigenvalue weighted by atomic mass is 16.3. The van der Waals surface area contributed by atoms with Crippen molar-refractivity contribution < 1.29 is 14.7 Å². The molecule has 0 heterocycles. The van der Waals surface area contributed by atoms with Crippen LogP contribution in [0.3, 0.4) is 0 Å². The van der Waals surface area contributed by atoms with Crippen LogP contribution in [0.25, 0.3) is 0 Å². The van der Waals surface area contributed by atoms with E-state index >= 15 is 0 Å². The Bertz CT molecular complexity index is 473. The van der Waals surface area contributed by atoms with Crippen molar-refractivity contribution >= 4 is 11.6 Å². The van der Waals surface area contributed by atoms with Gasteiger partial charge in [-0.1, -0.05) is 12.1 Å². The standard InChI is InChI=1S/C14H16O3/c1-4-5-11-6-9(2)7-12(14(11)17)13(16)8-10(3)15/h4,6-7,17H,1,5,8H2,2-3H3. The van der Waals surface area contributed by atoms with E-state index in [1.165, 1.54) is 6.92 Å². The lowest BCUT2D eigenvalue weighted by molar-refractivity contribution is -0.116. The molecule has 0 saturated heterocycles. The van der Waals surface area contributed by atoms with E-state index in [4.69, 9.17) is 0 Å². The average molecular weight is 232 g/mol. The highest BCUT2D eigenvalue weighted by molar-refractivity contribution is 6.09. The molecule has 0 aliphatic heterocycles. The third kappa shape index (κ3) is 3.28. The first kappa shape index (κ1) is 13.2. The molecule has 1 rings (SSSR count). The Hall–Kier alpha value is -1.90. The number of hydrogen-bond donors (Lipinski definition) is 1. The molecule has 0 radical (unpaired) electrons. The van der Waals surface area contributed by atoms with Crippen molar-refractivity contribution in [2.24, 2.45) is 0 Å². The number of Topliss-reactive ketones (excluding diaryl/α,β-unsaturated/α-hetero) is 2. The van der Waals surface area contributed by atoms with E-state index in [1.54, 1.807) is 12.1 Å². The Kier molecular flexibility index (Phi) is 4.21. The van der Waals surface area contributed by atoms with Crippen LogP contribution in [0.1, 0.15) is 34.8 Å². The fourth-order valence-corrected chi connectivity index (χ4v) is 1.70. The number of aromatic hydroxyl groups is 1. The lowest BCUT2D eigenvalue weighted by Crippen LogP contribution is -2.06. The molecule has 17 heavy (non-hydrogen) atoms. The summed E-state index contributed by atoms with van der Waals surface area (Å²) in [5.74, 6) is -0.591. The van der Waals surface area contributed by atoms with Crippen LogP contribution in [0.2, 0.25) is 0 Å². The Morgan fingerprint density at radius 1 is 1.41 bits per heavy atom. The highest BCUT2D eigenvalue weighted by Crippen LogP contribution is 2.26. The second-order valence-electron chi connectivity index (χ2n) is 4.11. The van der Waals surface area contributed by atoms with Crippen LogP contribution in [-0.2, 0) is 11.2 Å². The topological polar surface area (TPSA) is 54.4 Å². The molecule has 1 N–H and O–H groups in total. The second kappa shape index (κ2) is 5.43. The molecule has 1 aromatic carbocycles. The van der Waals surface area contributed by atoms with Gasteiger partial charge in [-0.2, -0.15) is 0 Å². The molecule has 0 amide bonds. The van der Waals surface area contributed by atoms with Gasteiger partial charge in [-0.25, -0.2) is 0 Å². The van der Waals surface area contributed by atoms with Crippen molar-refractivity contribution in [3.63, 3.8) is 0 Å². The van der Waals surface area contributed by atoms with Gasteiger partial charge < -0.3 is 5.11 Å². The van der Waals surface area contributed by atoms with Gasteiger partial charge in [-0.15, -0.1) is 6.58 Å². The molecule has 0 unspecified atom stereocenters. The third-order valence-corrected chi connectivity index (χ3v) is 2.41. The number of ketones is 2. The number of carbonyl (C=O) groups excluding carboxylic acids is 2. The third-order valence-electron chi connectivity index (χ3n) is 2.41. The number of hydrogen-bond acceptors (Lipinski definition) is 3. The zero-order valence-corrected chi connectivity index (χ0v) is 10.1. The molecule has 3 nitrogen and oxygen atoms in total. The van der Waals surface area contributed by atoms with Crippen LogP contribution in [0.15, 0.2) is 24.8 Å². The zero-order chi connectivity index (χ0) is 13.0. The Morgan fingerprint density at radius 2 is 2.06 bits per heavy atom. The monoisotopic (exact) mass is 232 g/mol. The fourth-order valence-electron chi connectivity index (χ4n) is 1.70. The summed E-state index contributed by atoms with van der Waals surface area (Å²) in [6.07, 6.45) is 1.98. The lowest BCUT2D eigenvalue weighted by Gasteiger charge is -2.09. The summed E-state index contributed by atoms with van der Waals surface area (Å²) in [6.45, 7) is 6.80. The summed E-state index contributed by atoms with van der Waals surface area (Å²) in [5.41, 5.74) is 1.76. The van der Waals surface area contributed by atoms with Crippen molar-refractivity contribution in [3.05, 3.63) is 41.5 Å². The van der Waals surface area contributed by atoms with E-state index in [0.717, 1.165) is 5.56 Å². The van der Waals surface area contributed by atoms with Gasteiger partial charge in [-0.3, -0.25) is 9.59 Å². The van der Waals surface area contributed by atoms with Gasteiger partial charge in [-0.05, 0) is 37.5 Å². The fraction of sp³-hybridized carbons (Fsp3) is 0.286. The normalized spacial score (nSPS) is 10.0. The molecule has 0 aliphatic rings. The molecule has 3 heteroatoms. The zero-order valence-electron chi connectivity index (χ0n) is 10.1. The van der Waals surface area contributed by atoms with E-state index < -0.39 is 0 Å². The number of rotatable bonds is 5. The molecule has 0 aliphatic carbocycles. The molecular formula is C14H16O3. The molecule has 1 aromatic rings. The number of carbonyl (C=O) groups is 2. The van der Waals surface area contributed by atoms with Crippen LogP contribution in [0.4, 0.5) is 0 Å². The molecule has 0 atom stereocenters. The molecule has 0 fully saturated rings. The highest BCUT2D eigenvalue weighted by Gasteiger charge is 2.16. The lowest BCUT2D eigenvalue weighted by atomic mass is 9.98. The molecule has 0 saturated carbocycles. The summed E-state index contributed by atoms with van der Waals surface area (Å²) >= 11 is 0. The molecular weight excluding hydrogens is 216 g/mol. The van der Waals surface area contributed by atoms with E-state index in [9.17, 15) is 14.7 Å². The summed E-state index contributed by atoms with van der Waals surface area (Å²) < 4.78 is 0. The maximum absolute atomic E-state index is 11.8. The molecule has 90 valence electrons. The predicted octanol–water partition coefficient (Wildman–Crippen LogP) is 2.59. The van der Waals surface area contributed by atoms with Gasteiger partial charge in [0.25, 0.3) is 0 Å². The van der Waals surface area contributed by atoms with Crippen LogP contribution in [0, 0.1) is 6.92 Å². The van der Waals surface area contributed by atoms with Crippen LogP contribution < -0.4 is 0 Å². The first-order chi connectivity index (χ1) is 7.95. The molecule has 0 aromatic heterocycles. The predicted molar refractivity (Wildman–Crippen MR) is 66.4 cm³/mol. The van der Waals surface area contributed by atoms with Crippen molar-refractivity contribution in [2.45, 2.75) is 26.7 Å². The number of benzene rings is 1. The average Bonchev–Trinajstić information content (AvgIpc) is 2.22. The minimum atomic E-state index is -0.344. The van der Waals surface area contributed by atoms with E-state index in [0.29, 0.717) is 12.0 Å². The summed E-state index contributed by atoms with van der Waals surface area (Å²) in [6, 6.07) is 3.41. The Labute approximate surface area is 101 Å². The van der Waals surface area contributed by atoms with E-state index in [2.05, 4.69) is 6.58 Å². The summed E-state index contributed by atoms with van der Waals surface area (Å²) in [7, 11) is 0. The maximum Gasteiger partial charge on any atom is 0.173 e. The number of aryl methyl sites for hydroxylation is 1. The smallest absolute Gasteiger partial charge is 0.173 e. The molecule has 0 spiro atoms. The Balaban J connectivity index is 3.19. The van der Waals surface area contributed by atoms with E-state index in [1.807, 2.05) is 13.0 Å². The molecule has 0 bridgehead atoms. The van der Waals surface area contributed by atoms with E-state index in [-0.39, 0.29) is 29.3 Å². The first-order valence-corrected chi connectivity index (χ1v) is 5.41. The van der Waals surface area contributed by atoms with Crippen molar-refractivity contribution in [3.8, 4) is 5.75 Å². The summed E-state index contributed by atoms with van der Waals surface area (Å²) in [4.78, 5) is 22.7. The largest absolute Gasteiger partial charge is 0.507 e. The quantitative estimate of drug-likeness (QED) is 0.482. The minimum absolute atomic E-state index is 0.0400. The van der Waals surface area contributed by atoms with Gasteiger partial charge in [0.15, 0.2) is 5.78 Å². The van der Waals surface area contributed by atoms with Gasteiger partial charge in [0, 0.05) is 0 Å². The second-order valence-corrected chi connectivity index (χ2v) is 4.11. The van der Waals surface area contributed by atoms with Crippen molar-refractivity contribution in [2.75, 3.05) is 0 Å². The minimum Gasteiger partial charge on any atom is -0.507 e. The van der Waals surface area contributed by atoms with Crippen molar-refractivity contribution in [1.29, 1.82) is 0 Å². The van der Waals surface area contributed by atoms with Crippen LogP contribution >= 0.6 is 0 Å². The SMILES string of the molecule is C=CCc1cc(C)cc(C(=O)CC(C)=O)c1O. The van der Waals surface area contributed by atoms with Gasteiger partial charge in [0.1, 0.15) is 11.5 Å². The van der Waals surface area contributed by atoms with Gasteiger partial charge in [0.05, 0.1) is 12.0 Å². The van der Waals surface area contributed by atoms with Gasteiger partial charge >= 0.3 is 0 Å². The van der Waals surface area contributed by atoms with Crippen molar-refractivity contribution in [1.82, 2.24) is 0 Å². The van der Waals surface area contributed by atoms with Gasteiger partial charge in [0.2, 0.25) is 0 Å². The first-order valence-electron chi connectivity index (χ1n) is 5.41. The number of phenols is 1. The number of phenolic OH excluding ortho intramolecular Hbond substituents is 1. The maximum atomic E-state index is 11.8. The van der Waals surface area contributed by atoms with Crippen LogP contribution in [-0.4, -0.2) is 16.7 Å².